The Labute approximate surface area is 148 Å². The maximum atomic E-state index is 12.0. The summed E-state index contributed by atoms with van der Waals surface area (Å²) in [6.07, 6.45) is 17.8. The van der Waals surface area contributed by atoms with Gasteiger partial charge in [-0.2, -0.15) is 10.2 Å². The predicted molar refractivity (Wildman–Crippen MR) is 99.4 cm³/mol. The van der Waals surface area contributed by atoms with Crippen LogP contribution in [-0.4, -0.2) is 25.7 Å². The molecule has 0 bridgehead atoms. The number of carbonyl (C=O) groups is 1. The molecule has 0 amide bonds. The second-order valence-corrected chi connectivity index (χ2v) is 7.02. The van der Waals surface area contributed by atoms with Crippen molar-refractivity contribution in [1.29, 1.82) is 0 Å². The molecule has 0 fully saturated rings. The molecule has 1 heterocycles. The number of hydrogen-bond acceptors (Lipinski definition) is 4. The molecule has 1 atom stereocenters. The van der Waals surface area contributed by atoms with E-state index in [4.69, 9.17) is 4.74 Å². The molecular weight excluding hydrogens is 300 g/mol. The summed E-state index contributed by atoms with van der Waals surface area (Å²) in [5.41, 5.74) is 0. The van der Waals surface area contributed by atoms with Crippen LogP contribution in [0.3, 0.4) is 0 Å². The number of azo groups is 1. The van der Waals surface area contributed by atoms with Crippen molar-refractivity contribution in [1.82, 2.24) is 0 Å². The molecular formula is C20H38N2O2. The maximum absolute atomic E-state index is 12.0. The standard InChI is InChI=1S/C20H38N2O2/c1-2-24-20(23)19-16-14-12-10-8-6-4-3-5-7-9-11-13-15-17-21-22-18-19/h19H,2-18H2,1H3. The van der Waals surface area contributed by atoms with Gasteiger partial charge >= 0.3 is 5.97 Å². The fourth-order valence-corrected chi connectivity index (χ4v) is 3.29. The van der Waals surface area contributed by atoms with E-state index in [1.54, 1.807) is 0 Å². The normalized spacial score (nSPS) is 23.6. The van der Waals surface area contributed by atoms with E-state index in [1.807, 2.05) is 6.92 Å². The quantitative estimate of drug-likeness (QED) is 0.572. The maximum Gasteiger partial charge on any atom is 0.310 e. The first kappa shape index (κ1) is 21.1. The van der Waals surface area contributed by atoms with Gasteiger partial charge in [0.05, 0.1) is 25.6 Å². The highest BCUT2D eigenvalue weighted by Gasteiger charge is 2.19. The van der Waals surface area contributed by atoms with Crippen molar-refractivity contribution < 1.29 is 9.53 Å². The molecule has 1 unspecified atom stereocenters. The fourth-order valence-electron chi connectivity index (χ4n) is 3.29. The van der Waals surface area contributed by atoms with Crippen molar-refractivity contribution in [3.8, 4) is 0 Å². The highest BCUT2D eigenvalue weighted by atomic mass is 16.5. The van der Waals surface area contributed by atoms with Gasteiger partial charge in [-0.15, -0.1) is 0 Å². The lowest BCUT2D eigenvalue weighted by atomic mass is 10.00. The minimum absolute atomic E-state index is 0.0951. The Morgan fingerprint density at radius 2 is 1.29 bits per heavy atom. The van der Waals surface area contributed by atoms with Crippen LogP contribution in [0.25, 0.3) is 0 Å². The summed E-state index contributed by atoms with van der Waals surface area (Å²) in [7, 11) is 0. The Kier molecular flexibility index (Phi) is 13.7. The van der Waals surface area contributed by atoms with E-state index >= 15 is 0 Å². The first-order valence-electron chi connectivity index (χ1n) is 10.3. The van der Waals surface area contributed by atoms with Crippen molar-refractivity contribution in [3.05, 3.63) is 0 Å². The third kappa shape index (κ3) is 11.6. The Morgan fingerprint density at radius 3 is 1.83 bits per heavy atom. The number of ether oxygens (including phenoxy) is 1. The van der Waals surface area contributed by atoms with Crippen molar-refractivity contribution in [2.75, 3.05) is 19.7 Å². The first-order chi connectivity index (χ1) is 11.8. The Bertz CT molecular complexity index is 332. The summed E-state index contributed by atoms with van der Waals surface area (Å²) < 4.78 is 5.19. The van der Waals surface area contributed by atoms with Crippen LogP contribution >= 0.6 is 0 Å². The van der Waals surface area contributed by atoms with Crippen LogP contribution in [-0.2, 0) is 9.53 Å². The van der Waals surface area contributed by atoms with Crippen LogP contribution in [0.4, 0.5) is 0 Å². The van der Waals surface area contributed by atoms with Crippen molar-refractivity contribution in [3.63, 3.8) is 0 Å². The molecule has 0 spiro atoms. The molecule has 1 aliphatic rings. The zero-order chi connectivity index (χ0) is 17.3. The Morgan fingerprint density at radius 1 is 0.792 bits per heavy atom. The predicted octanol–water partition coefficient (Wildman–Crippen LogP) is 6.09. The molecule has 0 radical (unpaired) electrons. The molecule has 140 valence electrons. The fraction of sp³-hybridized carbons (Fsp3) is 0.950. The van der Waals surface area contributed by atoms with E-state index in [0.29, 0.717) is 13.2 Å². The molecule has 0 aliphatic carbocycles. The topological polar surface area (TPSA) is 51.0 Å². The van der Waals surface area contributed by atoms with Crippen molar-refractivity contribution in [2.24, 2.45) is 16.1 Å². The first-order valence-corrected chi connectivity index (χ1v) is 10.3. The van der Waals surface area contributed by atoms with Crippen LogP contribution in [0.5, 0.6) is 0 Å². The average Bonchev–Trinajstić information content (AvgIpc) is 2.58. The zero-order valence-electron chi connectivity index (χ0n) is 15.8. The largest absolute Gasteiger partial charge is 0.466 e. The molecule has 1 rings (SSSR count). The second-order valence-electron chi connectivity index (χ2n) is 7.02. The van der Waals surface area contributed by atoms with Gasteiger partial charge in [-0.1, -0.05) is 77.0 Å². The van der Waals surface area contributed by atoms with Gasteiger partial charge < -0.3 is 4.74 Å². The van der Waals surface area contributed by atoms with Crippen LogP contribution < -0.4 is 0 Å². The van der Waals surface area contributed by atoms with Crippen molar-refractivity contribution in [2.45, 2.75) is 96.8 Å². The van der Waals surface area contributed by atoms with E-state index in [-0.39, 0.29) is 11.9 Å². The molecule has 24 heavy (non-hydrogen) atoms. The number of carbonyl (C=O) groups excluding carboxylic acids is 1. The smallest absolute Gasteiger partial charge is 0.310 e. The molecule has 4 heteroatoms. The molecule has 0 N–H and O–H groups in total. The monoisotopic (exact) mass is 338 g/mol. The number of nitrogens with zero attached hydrogens (tertiary/aromatic N) is 2. The summed E-state index contributed by atoms with van der Waals surface area (Å²) in [5.74, 6) is -0.196. The van der Waals surface area contributed by atoms with Crippen LogP contribution in [0.15, 0.2) is 10.2 Å². The third-order valence-electron chi connectivity index (χ3n) is 4.83. The molecule has 0 aromatic carbocycles. The molecule has 0 saturated carbocycles. The lowest BCUT2D eigenvalue weighted by Gasteiger charge is -2.12. The average molecular weight is 339 g/mol. The van der Waals surface area contributed by atoms with Crippen LogP contribution in [0.1, 0.15) is 96.8 Å². The number of rotatable bonds is 2. The summed E-state index contributed by atoms with van der Waals surface area (Å²) in [4.78, 5) is 12.0. The summed E-state index contributed by atoms with van der Waals surface area (Å²) in [6, 6.07) is 0. The Balaban J connectivity index is 2.37. The van der Waals surface area contributed by atoms with Gasteiger partial charge in [0.1, 0.15) is 0 Å². The molecule has 0 aromatic rings. The van der Waals surface area contributed by atoms with E-state index in [9.17, 15) is 4.79 Å². The highest BCUT2D eigenvalue weighted by molar-refractivity contribution is 5.72. The minimum Gasteiger partial charge on any atom is -0.466 e. The van der Waals surface area contributed by atoms with Gasteiger partial charge in [-0.3, -0.25) is 4.79 Å². The summed E-state index contributed by atoms with van der Waals surface area (Å²) in [5, 5.41) is 8.52. The third-order valence-corrected chi connectivity index (χ3v) is 4.83. The molecule has 1 aliphatic heterocycles. The number of esters is 1. The van der Waals surface area contributed by atoms with Crippen molar-refractivity contribution >= 4 is 5.97 Å². The second kappa shape index (κ2) is 15.6. The van der Waals surface area contributed by atoms with Gasteiger partial charge in [0, 0.05) is 0 Å². The van der Waals surface area contributed by atoms with Gasteiger partial charge in [-0.25, -0.2) is 0 Å². The highest BCUT2D eigenvalue weighted by Crippen LogP contribution is 2.16. The van der Waals surface area contributed by atoms with Gasteiger partial charge in [0.2, 0.25) is 0 Å². The Hall–Kier alpha value is -0.930. The van der Waals surface area contributed by atoms with Gasteiger partial charge in [0.15, 0.2) is 0 Å². The molecule has 0 aromatic heterocycles. The molecule has 4 nitrogen and oxygen atoms in total. The summed E-state index contributed by atoms with van der Waals surface area (Å²) in [6.45, 7) is 3.62. The summed E-state index contributed by atoms with van der Waals surface area (Å²) >= 11 is 0. The zero-order valence-corrected chi connectivity index (χ0v) is 15.8. The van der Waals surface area contributed by atoms with Gasteiger partial charge in [-0.05, 0) is 19.8 Å². The van der Waals surface area contributed by atoms with E-state index < -0.39 is 0 Å². The van der Waals surface area contributed by atoms with Crippen LogP contribution in [0.2, 0.25) is 0 Å². The lowest BCUT2D eigenvalue weighted by molar-refractivity contribution is -0.147. The van der Waals surface area contributed by atoms with Gasteiger partial charge in [0.25, 0.3) is 0 Å². The van der Waals surface area contributed by atoms with E-state index in [0.717, 1.165) is 25.8 Å². The lowest BCUT2D eigenvalue weighted by Crippen LogP contribution is -2.20. The molecule has 0 saturated heterocycles. The van der Waals surface area contributed by atoms with Crippen LogP contribution in [0, 0.1) is 5.92 Å². The number of hydrogen-bond donors (Lipinski definition) is 0. The SMILES string of the molecule is CCOC(=O)C1CCCCCCCCCCCCCCCN=NC1. The minimum atomic E-state index is -0.101. The van der Waals surface area contributed by atoms with E-state index in [2.05, 4.69) is 10.2 Å². The van der Waals surface area contributed by atoms with E-state index in [1.165, 1.54) is 70.6 Å².